The van der Waals surface area contributed by atoms with E-state index in [2.05, 4.69) is 5.43 Å². The minimum atomic E-state index is -0.521. The van der Waals surface area contributed by atoms with Crippen molar-refractivity contribution < 1.29 is 19.4 Å². The fraction of sp³-hybridized carbons (Fsp3) is 0.0588. The molecule has 0 bridgehead atoms. The summed E-state index contributed by atoms with van der Waals surface area (Å²) < 4.78 is 5.02. The Labute approximate surface area is 142 Å². The average Bonchev–Trinajstić information content (AvgIpc) is 2.84. The van der Waals surface area contributed by atoms with Crippen LogP contribution in [0.2, 0.25) is 5.02 Å². The molecule has 1 fully saturated rings. The molecule has 7 heteroatoms. The molecular formula is C17H13ClN2O4. The van der Waals surface area contributed by atoms with Gasteiger partial charge in [0.05, 0.1) is 12.8 Å². The van der Waals surface area contributed by atoms with E-state index in [9.17, 15) is 14.7 Å². The molecule has 1 aliphatic rings. The molecular weight excluding hydrogens is 332 g/mol. The van der Waals surface area contributed by atoms with Crippen molar-refractivity contribution in [2.24, 2.45) is 0 Å². The molecule has 24 heavy (non-hydrogen) atoms. The zero-order valence-corrected chi connectivity index (χ0v) is 13.4. The third-order valence-corrected chi connectivity index (χ3v) is 3.71. The molecule has 0 saturated carbocycles. The summed E-state index contributed by atoms with van der Waals surface area (Å²) in [7, 11) is 1.42. The number of nitrogens with one attached hydrogen (secondary N) is 1. The first-order valence-corrected chi connectivity index (χ1v) is 7.37. The summed E-state index contributed by atoms with van der Waals surface area (Å²) in [4.78, 5) is 24.6. The Morgan fingerprint density at radius 3 is 2.71 bits per heavy atom. The topological polar surface area (TPSA) is 78.9 Å². The molecule has 0 aromatic heterocycles. The molecule has 2 aromatic rings. The SMILES string of the molecule is COc1cc(/C=C2/C(=O)NN(c3cccc(Cl)c3)C2=O)ccc1O. The van der Waals surface area contributed by atoms with Gasteiger partial charge in [-0.3, -0.25) is 15.0 Å². The standard InChI is InChI=1S/C17H13ClN2O4/c1-24-15-8-10(5-6-14(15)21)7-13-16(22)19-20(17(13)23)12-4-2-3-11(18)9-12/h2-9,21H,1H3,(H,19,22)/b13-7-. The fourth-order valence-electron chi connectivity index (χ4n) is 2.31. The number of hydrogen-bond acceptors (Lipinski definition) is 4. The number of aromatic hydroxyl groups is 1. The number of phenolic OH excluding ortho intramolecular Hbond substituents is 1. The van der Waals surface area contributed by atoms with E-state index in [1.54, 1.807) is 30.3 Å². The number of carbonyl (C=O) groups excluding carboxylic acids is 2. The first kappa shape index (κ1) is 15.9. The molecule has 0 aliphatic carbocycles. The van der Waals surface area contributed by atoms with Gasteiger partial charge in [0.1, 0.15) is 5.57 Å². The number of halogens is 1. The number of hydrogen-bond donors (Lipinski definition) is 2. The van der Waals surface area contributed by atoms with Gasteiger partial charge in [-0.25, -0.2) is 5.01 Å². The molecule has 2 N–H and O–H groups in total. The maximum atomic E-state index is 12.5. The lowest BCUT2D eigenvalue weighted by Crippen LogP contribution is -2.35. The lowest BCUT2D eigenvalue weighted by molar-refractivity contribution is -0.117. The van der Waals surface area contributed by atoms with Crippen LogP contribution < -0.4 is 15.2 Å². The van der Waals surface area contributed by atoms with Crippen molar-refractivity contribution in [3.63, 3.8) is 0 Å². The fourth-order valence-corrected chi connectivity index (χ4v) is 2.49. The van der Waals surface area contributed by atoms with Crippen LogP contribution in [-0.4, -0.2) is 24.0 Å². The molecule has 0 spiro atoms. The normalized spacial score (nSPS) is 15.8. The second kappa shape index (κ2) is 6.25. The Bertz CT molecular complexity index is 863. The molecule has 122 valence electrons. The highest BCUT2D eigenvalue weighted by Crippen LogP contribution is 2.28. The predicted molar refractivity (Wildman–Crippen MR) is 89.7 cm³/mol. The van der Waals surface area contributed by atoms with Gasteiger partial charge in [0, 0.05) is 5.02 Å². The Hall–Kier alpha value is -2.99. The third kappa shape index (κ3) is 2.91. The number of hydrazine groups is 1. The summed E-state index contributed by atoms with van der Waals surface area (Å²) >= 11 is 5.92. The van der Waals surface area contributed by atoms with Gasteiger partial charge in [0.15, 0.2) is 11.5 Å². The average molecular weight is 345 g/mol. The minimum absolute atomic E-state index is 0.0253. The van der Waals surface area contributed by atoms with Crippen LogP contribution in [0.5, 0.6) is 11.5 Å². The van der Waals surface area contributed by atoms with Crippen molar-refractivity contribution >= 4 is 35.2 Å². The van der Waals surface area contributed by atoms with E-state index >= 15 is 0 Å². The van der Waals surface area contributed by atoms with Gasteiger partial charge in [0.2, 0.25) is 0 Å². The molecule has 2 aromatic carbocycles. The highest BCUT2D eigenvalue weighted by Gasteiger charge is 2.34. The first-order chi connectivity index (χ1) is 11.5. The number of phenols is 1. The van der Waals surface area contributed by atoms with Crippen LogP contribution in [0.1, 0.15) is 5.56 Å². The number of rotatable bonds is 3. The number of methoxy groups -OCH3 is 1. The summed E-state index contributed by atoms with van der Waals surface area (Å²) in [5.41, 5.74) is 3.49. The van der Waals surface area contributed by atoms with E-state index in [1.807, 2.05) is 0 Å². The van der Waals surface area contributed by atoms with Crippen LogP contribution in [0.25, 0.3) is 6.08 Å². The number of ether oxygens (including phenoxy) is 1. The van der Waals surface area contributed by atoms with Crippen LogP contribution in [0.15, 0.2) is 48.0 Å². The molecule has 0 radical (unpaired) electrons. The van der Waals surface area contributed by atoms with Crippen LogP contribution in [0.3, 0.4) is 0 Å². The van der Waals surface area contributed by atoms with Crippen molar-refractivity contribution in [1.82, 2.24) is 5.43 Å². The summed E-state index contributed by atoms with van der Waals surface area (Å²) in [6.07, 6.45) is 1.43. The van der Waals surface area contributed by atoms with Gasteiger partial charge >= 0.3 is 0 Å². The Kier molecular flexibility index (Phi) is 4.14. The monoisotopic (exact) mass is 344 g/mol. The largest absolute Gasteiger partial charge is 0.504 e. The van der Waals surface area contributed by atoms with Crippen molar-refractivity contribution in [2.75, 3.05) is 12.1 Å². The summed E-state index contributed by atoms with van der Waals surface area (Å²) in [5, 5.41) is 11.2. The van der Waals surface area contributed by atoms with Gasteiger partial charge in [-0.15, -0.1) is 0 Å². The number of nitrogens with zero attached hydrogens (tertiary/aromatic N) is 1. The van der Waals surface area contributed by atoms with Gasteiger partial charge in [-0.2, -0.15) is 0 Å². The molecule has 3 rings (SSSR count). The lowest BCUT2D eigenvalue weighted by atomic mass is 10.1. The van der Waals surface area contributed by atoms with Crippen molar-refractivity contribution in [1.29, 1.82) is 0 Å². The quantitative estimate of drug-likeness (QED) is 0.662. The molecule has 6 nitrogen and oxygen atoms in total. The van der Waals surface area contributed by atoms with Crippen LogP contribution in [0.4, 0.5) is 5.69 Å². The highest BCUT2D eigenvalue weighted by molar-refractivity contribution is 6.33. The van der Waals surface area contributed by atoms with Crippen LogP contribution in [0, 0.1) is 0 Å². The molecule has 1 aliphatic heterocycles. The zero-order chi connectivity index (χ0) is 17.3. The third-order valence-electron chi connectivity index (χ3n) is 3.47. The van der Waals surface area contributed by atoms with E-state index in [4.69, 9.17) is 16.3 Å². The number of carbonyl (C=O) groups is 2. The lowest BCUT2D eigenvalue weighted by Gasteiger charge is -2.14. The minimum Gasteiger partial charge on any atom is -0.504 e. The molecule has 0 unspecified atom stereocenters. The van der Waals surface area contributed by atoms with Gasteiger partial charge in [-0.05, 0) is 42.0 Å². The maximum absolute atomic E-state index is 12.5. The van der Waals surface area contributed by atoms with E-state index in [0.717, 1.165) is 5.01 Å². The number of benzene rings is 2. The van der Waals surface area contributed by atoms with E-state index in [-0.39, 0.29) is 17.1 Å². The predicted octanol–water partition coefficient (Wildman–Crippen LogP) is 2.52. The molecule has 0 atom stereocenters. The molecule has 1 heterocycles. The van der Waals surface area contributed by atoms with Gasteiger partial charge in [-0.1, -0.05) is 23.7 Å². The second-order valence-electron chi connectivity index (χ2n) is 5.05. The van der Waals surface area contributed by atoms with E-state index in [1.165, 1.54) is 25.3 Å². The zero-order valence-electron chi connectivity index (χ0n) is 12.6. The Morgan fingerprint density at radius 1 is 1.21 bits per heavy atom. The van der Waals surface area contributed by atoms with Crippen molar-refractivity contribution in [3.05, 3.63) is 58.6 Å². The molecule has 1 saturated heterocycles. The van der Waals surface area contributed by atoms with E-state index < -0.39 is 11.8 Å². The van der Waals surface area contributed by atoms with Gasteiger partial charge in [0.25, 0.3) is 11.8 Å². The Morgan fingerprint density at radius 2 is 2.00 bits per heavy atom. The Balaban J connectivity index is 1.94. The highest BCUT2D eigenvalue weighted by atomic mass is 35.5. The summed E-state index contributed by atoms with van der Waals surface area (Å²) in [6, 6.07) is 11.1. The summed E-state index contributed by atoms with van der Waals surface area (Å²) in [6.45, 7) is 0. The van der Waals surface area contributed by atoms with Gasteiger partial charge < -0.3 is 9.84 Å². The molecule has 2 amide bonds. The van der Waals surface area contributed by atoms with E-state index in [0.29, 0.717) is 16.3 Å². The van der Waals surface area contributed by atoms with Crippen LogP contribution in [-0.2, 0) is 9.59 Å². The maximum Gasteiger partial charge on any atom is 0.282 e. The number of amides is 2. The van der Waals surface area contributed by atoms with Crippen LogP contribution >= 0.6 is 11.6 Å². The first-order valence-electron chi connectivity index (χ1n) is 6.99. The second-order valence-corrected chi connectivity index (χ2v) is 5.49. The van der Waals surface area contributed by atoms with Crippen molar-refractivity contribution in [3.8, 4) is 11.5 Å². The van der Waals surface area contributed by atoms with Crippen molar-refractivity contribution in [2.45, 2.75) is 0 Å². The number of anilines is 1. The smallest absolute Gasteiger partial charge is 0.282 e. The summed E-state index contributed by atoms with van der Waals surface area (Å²) in [5.74, 6) is -0.786.